The molecule has 0 aliphatic carbocycles. The number of carbonyl (C=O) groups is 3. The first kappa shape index (κ1) is 31.5. The molecule has 208 valence electrons. The average molecular weight is 572 g/mol. The number of nitrogens with two attached hydrogens (primary N) is 1. The summed E-state index contributed by atoms with van der Waals surface area (Å²) in [7, 11) is 0. The van der Waals surface area contributed by atoms with E-state index in [0.717, 1.165) is 5.56 Å². The van der Waals surface area contributed by atoms with E-state index in [9.17, 15) is 23.2 Å². The van der Waals surface area contributed by atoms with Gasteiger partial charge in [0.25, 0.3) is 11.8 Å². The molecule has 3 atom stereocenters. The van der Waals surface area contributed by atoms with Crippen LogP contribution in [-0.2, 0) is 20.8 Å². The van der Waals surface area contributed by atoms with Crippen LogP contribution in [0.4, 0.5) is 8.78 Å². The molecular weight excluding hydrogens is 539 g/mol. The minimum Gasteiger partial charge on any atom is -0.484 e. The third-order valence-corrected chi connectivity index (χ3v) is 6.32. The second kappa shape index (κ2) is 14.4. The van der Waals surface area contributed by atoms with Gasteiger partial charge in [0.1, 0.15) is 5.75 Å². The number of alkyl halides is 2. The number of ether oxygens (including phenoxy) is 1. The number of halogens is 4. The first-order chi connectivity index (χ1) is 17.9. The molecule has 0 fully saturated rings. The molecule has 1 unspecified atom stereocenters. The molecule has 0 saturated carbocycles. The zero-order chi connectivity index (χ0) is 28.5. The van der Waals surface area contributed by atoms with E-state index >= 15 is 0 Å². The van der Waals surface area contributed by atoms with Gasteiger partial charge in [-0.2, -0.15) is 8.78 Å². The number of rotatable bonds is 14. The Morgan fingerprint density at radius 1 is 1.05 bits per heavy atom. The molecule has 2 aromatic rings. The molecule has 2 rings (SSSR count). The number of hydrogen-bond acceptors (Lipinski definition) is 5. The van der Waals surface area contributed by atoms with Gasteiger partial charge in [0.05, 0.1) is 0 Å². The van der Waals surface area contributed by atoms with Gasteiger partial charge in [-0.1, -0.05) is 74.3 Å². The fraction of sp³-hybridized carbons (Fsp3) is 0.444. The van der Waals surface area contributed by atoms with Crippen LogP contribution in [0.3, 0.4) is 0 Å². The predicted octanol–water partition coefficient (Wildman–Crippen LogP) is 4.43. The number of benzene rings is 2. The minimum atomic E-state index is -4.28. The van der Waals surface area contributed by atoms with Gasteiger partial charge >= 0.3 is 5.92 Å². The van der Waals surface area contributed by atoms with Crippen LogP contribution in [0.1, 0.15) is 32.8 Å². The van der Waals surface area contributed by atoms with Crippen molar-refractivity contribution in [2.24, 2.45) is 17.6 Å². The summed E-state index contributed by atoms with van der Waals surface area (Å²) in [5.41, 5.74) is 7.19. The van der Waals surface area contributed by atoms with Crippen molar-refractivity contribution in [3.63, 3.8) is 0 Å². The molecule has 0 heterocycles. The number of Topliss-reactive ketones (excluding diaryl/α,β-unsaturated/α-hetero) is 1. The summed E-state index contributed by atoms with van der Waals surface area (Å²) in [6.07, 6.45) is 0.582. The van der Waals surface area contributed by atoms with Crippen molar-refractivity contribution in [1.29, 1.82) is 0 Å². The van der Waals surface area contributed by atoms with Crippen LogP contribution in [0.5, 0.6) is 5.75 Å². The predicted molar refractivity (Wildman–Crippen MR) is 144 cm³/mol. The molecule has 0 aliphatic rings. The topological polar surface area (TPSA) is 111 Å². The lowest BCUT2D eigenvalue weighted by Gasteiger charge is -2.34. The highest BCUT2D eigenvalue weighted by Crippen LogP contribution is 2.29. The summed E-state index contributed by atoms with van der Waals surface area (Å²) >= 11 is 11.9. The number of amides is 2. The molecule has 0 radical (unpaired) electrons. The highest BCUT2D eigenvalue weighted by atomic mass is 35.5. The summed E-state index contributed by atoms with van der Waals surface area (Å²) in [5.74, 6) is -9.96. The maximum absolute atomic E-state index is 14.9. The molecule has 0 aromatic heterocycles. The van der Waals surface area contributed by atoms with Gasteiger partial charge in [0, 0.05) is 34.6 Å². The Morgan fingerprint density at radius 3 is 2.21 bits per heavy atom. The molecular formula is C27H33Cl2F2N3O4. The van der Waals surface area contributed by atoms with E-state index < -0.39 is 54.0 Å². The standard InChI is InChI=1S/C27H33Cl2F2N3O4/c1-4-10-33-26(37)27(30,31)25(36)23(16(2)3)24(32)21(11-17-8-6-5-7-9-17)34-22(35)15-38-20-13-18(28)12-19(29)14-20/h5-9,12-14,16,21,23-24H,4,10-11,15,32H2,1-3H3,(H,33,37)(H,34,35)/t21-,23-,24?/m0/s1. The second-order valence-electron chi connectivity index (χ2n) is 9.30. The number of hydrogen-bond donors (Lipinski definition) is 3. The number of ketones is 1. The molecule has 7 nitrogen and oxygen atoms in total. The third-order valence-electron chi connectivity index (χ3n) is 5.88. The fourth-order valence-corrected chi connectivity index (χ4v) is 4.51. The van der Waals surface area contributed by atoms with E-state index in [1.807, 2.05) is 0 Å². The lowest BCUT2D eigenvalue weighted by molar-refractivity contribution is -0.162. The van der Waals surface area contributed by atoms with Crippen molar-refractivity contribution in [3.05, 3.63) is 64.1 Å². The third kappa shape index (κ3) is 8.92. The van der Waals surface area contributed by atoms with Crippen molar-refractivity contribution in [2.45, 2.75) is 51.6 Å². The molecule has 2 amide bonds. The summed E-state index contributed by atoms with van der Waals surface area (Å²) in [5, 5.41) is 5.43. The first-order valence-corrected chi connectivity index (χ1v) is 13.0. The quantitative estimate of drug-likeness (QED) is 0.290. The molecule has 0 bridgehead atoms. The number of carbonyl (C=O) groups excluding carboxylic acids is 3. The van der Waals surface area contributed by atoms with Crippen LogP contribution >= 0.6 is 23.2 Å². The molecule has 0 aliphatic heterocycles. The van der Waals surface area contributed by atoms with Crippen molar-refractivity contribution in [3.8, 4) is 5.75 Å². The van der Waals surface area contributed by atoms with Crippen LogP contribution < -0.4 is 21.1 Å². The Morgan fingerprint density at radius 2 is 1.66 bits per heavy atom. The number of nitrogens with one attached hydrogen (secondary N) is 2. The summed E-state index contributed by atoms with van der Waals surface area (Å²) in [4.78, 5) is 37.9. The molecule has 0 saturated heterocycles. The second-order valence-corrected chi connectivity index (χ2v) is 10.2. The van der Waals surface area contributed by atoms with Crippen LogP contribution in [0.15, 0.2) is 48.5 Å². The van der Waals surface area contributed by atoms with Crippen LogP contribution in [0.2, 0.25) is 10.0 Å². The summed E-state index contributed by atoms with van der Waals surface area (Å²) in [6, 6.07) is 11.2. The van der Waals surface area contributed by atoms with Gasteiger partial charge in [-0.15, -0.1) is 0 Å². The zero-order valence-electron chi connectivity index (χ0n) is 21.5. The Bertz CT molecular complexity index is 1080. The molecule has 0 spiro atoms. The van der Waals surface area contributed by atoms with Crippen molar-refractivity contribution in [1.82, 2.24) is 10.6 Å². The molecule has 4 N–H and O–H groups in total. The maximum atomic E-state index is 14.9. The summed E-state index contributed by atoms with van der Waals surface area (Å²) < 4.78 is 35.2. The van der Waals surface area contributed by atoms with Gasteiger partial charge in [-0.25, -0.2) is 0 Å². The monoisotopic (exact) mass is 571 g/mol. The Hall–Kier alpha value is -2.75. The van der Waals surface area contributed by atoms with Crippen molar-refractivity contribution in [2.75, 3.05) is 13.2 Å². The molecule has 11 heteroatoms. The largest absolute Gasteiger partial charge is 0.484 e. The highest BCUT2D eigenvalue weighted by Gasteiger charge is 2.52. The van der Waals surface area contributed by atoms with Gasteiger partial charge in [-0.05, 0) is 42.5 Å². The van der Waals surface area contributed by atoms with E-state index in [1.54, 1.807) is 51.1 Å². The lowest BCUT2D eigenvalue weighted by Crippen LogP contribution is -2.59. The maximum Gasteiger partial charge on any atom is 0.381 e. The molecule has 38 heavy (non-hydrogen) atoms. The van der Waals surface area contributed by atoms with E-state index in [-0.39, 0.29) is 18.7 Å². The fourth-order valence-electron chi connectivity index (χ4n) is 4.00. The van der Waals surface area contributed by atoms with E-state index in [1.165, 1.54) is 18.2 Å². The minimum absolute atomic E-state index is 0.00459. The zero-order valence-corrected chi connectivity index (χ0v) is 23.0. The Balaban J connectivity index is 2.27. The van der Waals surface area contributed by atoms with Crippen molar-refractivity contribution >= 4 is 40.8 Å². The Labute approximate surface area is 231 Å². The molecule has 2 aromatic carbocycles. The van der Waals surface area contributed by atoms with E-state index in [4.69, 9.17) is 33.7 Å². The van der Waals surface area contributed by atoms with Gasteiger partial charge < -0.3 is 21.1 Å². The SMILES string of the molecule is CCCNC(=O)C(F)(F)C(=O)[C@@H](C(C)C)C(N)[C@H](Cc1ccccc1)NC(=O)COc1cc(Cl)cc(Cl)c1. The van der Waals surface area contributed by atoms with Crippen molar-refractivity contribution < 1.29 is 27.9 Å². The van der Waals surface area contributed by atoms with E-state index in [2.05, 4.69) is 10.6 Å². The first-order valence-electron chi connectivity index (χ1n) is 12.2. The highest BCUT2D eigenvalue weighted by molar-refractivity contribution is 6.34. The van der Waals surface area contributed by atoms with Gasteiger partial charge in [0.2, 0.25) is 5.78 Å². The van der Waals surface area contributed by atoms with E-state index in [0.29, 0.717) is 16.5 Å². The van der Waals surface area contributed by atoms with Gasteiger partial charge in [0.15, 0.2) is 6.61 Å². The Kier molecular flexibility index (Phi) is 11.9. The summed E-state index contributed by atoms with van der Waals surface area (Å²) in [6.45, 7) is 4.40. The average Bonchev–Trinajstić information content (AvgIpc) is 2.85. The van der Waals surface area contributed by atoms with Gasteiger partial charge in [-0.3, -0.25) is 14.4 Å². The van der Waals surface area contributed by atoms with Crippen LogP contribution in [0.25, 0.3) is 0 Å². The van der Waals surface area contributed by atoms with Crippen LogP contribution in [0, 0.1) is 11.8 Å². The lowest BCUT2D eigenvalue weighted by atomic mass is 9.78. The smallest absolute Gasteiger partial charge is 0.381 e. The normalized spacial score (nSPS) is 13.9. The van der Waals surface area contributed by atoms with Crippen LogP contribution in [-0.4, -0.2) is 48.8 Å².